The van der Waals surface area contributed by atoms with Crippen molar-refractivity contribution in [1.82, 2.24) is 9.97 Å². The van der Waals surface area contributed by atoms with E-state index in [0.29, 0.717) is 10.8 Å². The van der Waals surface area contributed by atoms with Crippen LogP contribution in [0.1, 0.15) is 5.56 Å². The molecule has 0 spiro atoms. The number of thioether (sulfide) groups is 1. The van der Waals surface area contributed by atoms with Gasteiger partial charge in [-0.15, -0.1) is 0 Å². The van der Waals surface area contributed by atoms with E-state index in [1.165, 1.54) is 11.8 Å². The van der Waals surface area contributed by atoms with Crippen molar-refractivity contribution < 1.29 is 4.79 Å². The van der Waals surface area contributed by atoms with Crippen LogP contribution in [0.5, 0.6) is 0 Å². The number of hydrogen-bond donors (Lipinski definition) is 1. The Labute approximate surface area is 178 Å². The predicted octanol–water partition coefficient (Wildman–Crippen LogP) is 5.99. The molecule has 0 unspecified atom stereocenters. The molecule has 0 aliphatic heterocycles. The first kappa shape index (κ1) is 19.4. The first-order valence-corrected chi connectivity index (χ1v) is 10.5. The van der Waals surface area contributed by atoms with Crippen molar-refractivity contribution in [3.8, 4) is 11.4 Å². The number of carbonyl (C=O) groups is 1. The third kappa shape index (κ3) is 4.42. The van der Waals surface area contributed by atoms with Crippen LogP contribution in [0.2, 0.25) is 5.02 Å². The lowest BCUT2D eigenvalue weighted by atomic mass is 10.2. The number of nitrogens with zero attached hydrogens (tertiary/aromatic N) is 2. The van der Waals surface area contributed by atoms with Gasteiger partial charge in [-0.3, -0.25) is 4.79 Å². The summed E-state index contributed by atoms with van der Waals surface area (Å²) >= 11 is 7.54. The van der Waals surface area contributed by atoms with E-state index < -0.39 is 0 Å². The molecule has 0 saturated heterocycles. The molecule has 0 bridgehead atoms. The smallest absolute Gasteiger partial charge is 0.234 e. The zero-order chi connectivity index (χ0) is 20.2. The Morgan fingerprint density at radius 3 is 2.55 bits per heavy atom. The summed E-state index contributed by atoms with van der Waals surface area (Å²) in [5, 5.41) is 5.28. The molecular formula is C23H18ClN3OS. The highest BCUT2D eigenvalue weighted by Crippen LogP contribution is 2.29. The number of nitrogens with one attached hydrogen (secondary N) is 1. The second kappa shape index (κ2) is 8.64. The van der Waals surface area contributed by atoms with Gasteiger partial charge in [-0.25, -0.2) is 9.97 Å². The van der Waals surface area contributed by atoms with Crippen LogP contribution in [0.25, 0.3) is 22.3 Å². The third-order valence-electron chi connectivity index (χ3n) is 4.48. The fourth-order valence-corrected chi connectivity index (χ4v) is 3.93. The van der Waals surface area contributed by atoms with E-state index in [9.17, 15) is 4.79 Å². The number of carbonyl (C=O) groups excluding carboxylic acids is 1. The average molecular weight is 420 g/mol. The number of halogens is 1. The van der Waals surface area contributed by atoms with Gasteiger partial charge in [-0.2, -0.15) is 0 Å². The van der Waals surface area contributed by atoms with Gasteiger partial charge in [0.25, 0.3) is 0 Å². The standard InChI is InChI=1S/C23H18ClN3OS/c1-15-18(24)11-7-13-19(15)25-21(28)14-29-23-17-10-5-6-12-20(17)26-22(27-23)16-8-3-2-4-9-16/h2-13H,14H2,1H3,(H,25,28). The van der Waals surface area contributed by atoms with Crippen molar-refractivity contribution >= 4 is 45.9 Å². The molecule has 29 heavy (non-hydrogen) atoms. The largest absolute Gasteiger partial charge is 0.325 e. The van der Waals surface area contributed by atoms with Gasteiger partial charge >= 0.3 is 0 Å². The Hall–Kier alpha value is -2.89. The van der Waals surface area contributed by atoms with Gasteiger partial charge in [0.15, 0.2) is 5.82 Å². The van der Waals surface area contributed by atoms with Crippen molar-refractivity contribution in [2.45, 2.75) is 11.9 Å². The molecule has 4 nitrogen and oxygen atoms in total. The molecule has 0 aliphatic carbocycles. The fraction of sp³-hybridized carbons (Fsp3) is 0.0870. The lowest BCUT2D eigenvalue weighted by Gasteiger charge is -2.11. The molecule has 1 N–H and O–H groups in total. The third-order valence-corrected chi connectivity index (χ3v) is 5.88. The quantitative estimate of drug-likeness (QED) is 0.319. The number of para-hydroxylation sites is 1. The van der Waals surface area contributed by atoms with Crippen molar-refractivity contribution in [3.05, 3.63) is 83.4 Å². The lowest BCUT2D eigenvalue weighted by Crippen LogP contribution is -2.15. The zero-order valence-electron chi connectivity index (χ0n) is 15.7. The molecule has 1 amide bonds. The Bertz CT molecular complexity index is 1180. The predicted molar refractivity (Wildman–Crippen MR) is 121 cm³/mol. The number of benzene rings is 3. The Morgan fingerprint density at radius 2 is 1.72 bits per heavy atom. The second-order valence-electron chi connectivity index (χ2n) is 6.48. The van der Waals surface area contributed by atoms with Crippen LogP contribution in [0.4, 0.5) is 5.69 Å². The van der Waals surface area contributed by atoms with Gasteiger partial charge < -0.3 is 5.32 Å². The minimum absolute atomic E-state index is 0.107. The molecule has 4 aromatic rings. The highest BCUT2D eigenvalue weighted by atomic mass is 35.5. The van der Waals surface area contributed by atoms with Crippen LogP contribution in [-0.4, -0.2) is 21.6 Å². The highest BCUT2D eigenvalue weighted by molar-refractivity contribution is 8.00. The molecule has 0 aliphatic rings. The molecule has 4 rings (SSSR count). The van der Waals surface area contributed by atoms with E-state index >= 15 is 0 Å². The van der Waals surface area contributed by atoms with Crippen LogP contribution in [0.3, 0.4) is 0 Å². The number of rotatable bonds is 5. The maximum atomic E-state index is 12.5. The number of fused-ring (bicyclic) bond motifs is 1. The van der Waals surface area contributed by atoms with E-state index in [-0.39, 0.29) is 11.7 Å². The molecule has 6 heteroatoms. The van der Waals surface area contributed by atoms with Gasteiger partial charge in [-0.05, 0) is 30.7 Å². The van der Waals surface area contributed by atoms with Crippen LogP contribution < -0.4 is 5.32 Å². The van der Waals surface area contributed by atoms with Gasteiger partial charge in [-0.1, -0.05) is 78.0 Å². The Morgan fingerprint density at radius 1 is 0.966 bits per heavy atom. The molecule has 0 saturated carbocycles. The minimum Gasteiger partial charge on any atom is -0.325 e. The lowest BCUT2D eigenvalue weighted by molar-refractivity contribution is -0.113. The van der Waals surface area contributed by atoms with E-state index in [1.54, 1.807) is 6.07 Å². The van der Waals surface area contributed by atoms with E-state index in [0.717, 1.165) is 32.7 Å². The van der Waals surface area contributed by atoms with Crippen LogP contribution in [0, 0.1) is 6.92 Å². The highest BCUT2D eigenvalue weighted by Gasteiger charge is 2.13. The minimum atomic E-state index is -0.107. The SMILES string of the molecule is Cc1c(Cl)cccc1NC(=O)CSc1nc(-c2ccccc2)nc2ccccc12. The van der Waals surface area contributed by atoms with Crippen LogP contribution in [-0.2, 0) is 4.79 Å². The van der Waals surface area contributed by atoms with E-state index in [2.05, 4.69) is 10.3 Å². The molecule has 3 aromatic carbocycles. The van der Waals surface area contributed by atoms with Gasteiger partial charge in [0.1, 0.15) is 5.03 Å². The van der Waals surface area contributed by atoms with Gasteiger partial charge in [0, 0.05) is 21.7 Å². The van der Waals surface area contributed by atoms with E-state index in [1.807, 2.05) is 73.7 Å². The van der Waals surface area contributed by atoms with Crippen molar-refractivity contribution in [2.24, 2.45) is 0 Å². The first-order valence-electron chi connectivity index (χ1n) is 9.12. The van der Waals surface area contributed by atoms with Gasteiger partial charge in [0.05, 0.1) is 11.3 Å². The zero-order valence-corrected chi connectivity index (χ0v) is 17.3. The molecular weight excluding hydrogens is 402 g/mol. The molecule has 0 fully saturated rings. The fourth-order valence-electron chi connectivity index (χ4n) is 2.94. The summed E-state index contributed by atoms with van der Waals surface area (Å²) in [4.78, 5) is 21.9. The normalized spacial score (nSPS) is 10.8. The van der Waals surface area contributed by atoms with Crippen LogP contribution >= 0.6 is 23.4 Å². The number of aromatic nitrogens is 2. The molecule has 144 valence electrons. The van der Waals surface area contributed by atoms with Crippen LogP contribution in [0.15, 0.2) is 77.8 Å². The van der Waals surface area contributed by atoms with Crippen molar-refractivity contribution in [1.29, 1.82) is 0 Å². The summed E-state index contributed by atoms with van der Waals surface area (Å²) in [7, 11) is 0. The number of amides is 1. The topological polar surface area (TPSA) is 54.9 Å². The monoisotopic (exact) mass is 419 g/mol. The van der Waals surface area contributed by atoms with Crippen molar-refractivity contribution in [2.75, 3.05) is 11.1 Å². The summed E-state index contributed by atoms with van der Waals surface area (Å²) in [6, 6.07) is 23.2. The summed E-state index contributed by atoms with van der Waals surface area (Å²) in [5.41, 5.74) is 3.38. The Kier molecular flexibility index (Phi) is 5.79. The molecule has 0 radical (unpaired) electrons. The summed E-state index contributed by atoms with van der Waals surface area (Å²) in [6.07, 6.45) is 0. The molecule has 1 aromatic heterocycles. The summed E-state index contributed by atoms with van der Waals surface area (Å²) < 4.78 is 0. The average Bonchev–Trinajstić information content (AvgIpc) is 2.75. The van der Waals surface area contributed by atoms with E-state index in [4.69, 9.17) is 16.6 Å². The first-order chi connectivity index (χ1) is 14.1. The maximum absolute atomic E-state index is 12.5. The molecule has 0 atom stereocenters. The van der Waals surface area contributed by atoms with Crippen molar-refractivity contribution in [3.63, 3.8) is 0 Å². The molecule has 1 heterocycles. The van der Waals surface area contributed by atoms with Gasteiger partial charge in [0.2, 0.25) is 5.91 Å². The summed E-state index contributed by atoms with van der Waals surface area (Å²) in [6.45, 7) is 1.88. The number of anilines is 1. The number of hydrogen-bond acceptors (Lipinski definition) is 4. The maximum Gasteiger partial charge on any atom is 0.234 e. The summed E-state index contributed by atoms with van der Waals surface area (Å²) in [5.74, 6) is 0.781. The Balaban J connectivity index is 1.58. The second-order valence-corrected chi connectivity index (χ2v) is 7.86.